The summed E-state index contributed by atoms with van der Waals surface area (Å²) in [5, 5.41) is 12.8. The van der Waals surface area contributed by atoms with Crippen molar-refractivity contribution < 1.29 is 5.11 Å². The molecule has 1 fully saturated rings. The summed E-state index contributed by atoms with van der Waals surface area (Å²) in [6, 6.07) is 2.14. The van der Waals surface area contributed by atoms with Crippen LogP contribution in [0.3, 0.4) is 0 Å². The highest BCUT2D eigenvalue weighted by Gasteiger charge is 2.37. The molecule has 2 rings (SSSR count). The molecule has 1 aromatic rings. The minimum atomic E-state index is -0.466. The van der Waals surface area contributed by atoms with Gasteiger partial charge in [0.25, 0.3) is 0 Å². The maximum Gasteiger partial charge on any atom is 0.0696 e. The smallest absolute Gasteiger partial charge is 0.0696 e. The second-order valence-electron chi connectivity index (χ2n) is 6.77. The van der Waals surface area contributed by atoms with Crippen LogP contribution in [0.5, 0.6) is 0 Å². The zero-order valence-corrected chi connectivity index (χ0v) is 13.9. The van der Waals surface area contributed by atoms with Crippen molar-refractivity contribution in [2.45, 2.75) is 58.5 Å². The molecule has 102 valence electrons. The summed E-state index contributed by atoms with van der Waals surface area (Å²) in [5.74, 6) is 0.757. The standard InChI is InChI=1S/C15H23BrOS/c1-14(2,3)11-4-6-15(17,7-5-11)9-13-8-12(16)10-18-13/h8,10-11,17H,4-7,9H2,1-3H3. The SMILES string of the molecule is CC(C)(C)C1CCC(O)(Cc2cc(Br)cs2)CC1. The van der Waals surface area contributed by atoms with E-state index in [0.717, 1.165) is 42.5 Å². The van der Waals surface area contributed by atoms with Crippen molar-refractivity contribution in [3.63, 3.8) is 0 Å². The molecule has 0 unspecified atom stereocenters. The van der Waals surface area contributed by atoms with E-state index >= 15 is 0 Å². The highest BCUT2D eigenvalue weighted by atomic mass is 79.9. The maximum absolute atomic E-state index is 10.7. The van der Waals surface area contributed by atoms with Gasteiger partial charge in [0.15, 0.2) is 0 Å². The fourth-order valence-corrected chi connectivity index (χ4v) is 4.56. The van der Waals surface area contributed by atoms with Gasteiger partial charge in [-0.15, -0.1) is 11.3 Å². The third kappa shape index (κ3) is 3.58. The second-order valence-corrected chi connectivity index (χ2v) is 8.68. The Hall–Kier alpha value is 0.140. The summed E-state index contributed by atoms with van der Waals surface area (Å²) in [4.78, 5) is 1.29. The van der Waals surface area contributed by atoms with Gasteiger partial charge in [0.2, 0.25) is 0 Å². The summed E-state index contributed by atoms with van der Waals surface area (Å²) in [5.41, 5.74) is -0.0840. The van der Waals surface area contributed by atoms with Crippen LogP contribution in [0.1, 0.15) is 51.3 Å². The second kappa shape index (κ2) is 5.26. The first-order valence-electron chi connectivity index (χ1n) is 6.74. The Bertz CT molecular complexity index is 397. The van der Waals surface area contributed by atoms with Crippen LogP contribution in [0.4, 0.5) is 0 Å². The van der Waals surface area contributed by atoms with Crippen molar-refractivity contribution in [2.24, 2.45) is 11.3 Å². The minimum Gasteiger partial charge on any atom is -0.390 e. The fourth-order valence-electron chi connectivity index (χ4n) is 2.97. The summed E-state index contributed by atoms with van der Waals surface area (Å²) < 4.78 is 1.13. The van der Waals surface area contributed by atoms with Gasteiger partial charge in [-0.2, -0.15) is 0 Å². The van der Waals surface area contributed by atoms with Crippen molar-refractivity contribution in [3.8, 4) is 0 Å². The molecular formula is C15H23BrOS. The first kappa shape index (κ1) is 14.5. The lowest BCUT2D eigenvalue weighted by atomic mass is 9.67. The molecule has 18 heavy (non-hydrogen) atoms. The van der Waals surface area contributed by atoms with Gasteiger partial charge in [-0.05, 0) is 59.0 Å². The van der Waals surface area contributed by atoms with Crippen LogP contribution in [0.15, 0.2) is 15.9 Å². The van der Waals surface area contributed by atoms with Crippen molar-refractivity contribution in [3.05, 3.63) is 20.8 Å². The van der Waals surface area contributed by atoms with E-state index in [1.54, 1.807) is 11.3 Å². The molecule has 0 spiro atoms. The van der Waals surface area contributed by atoms with E-state index in [1.807, 2.05) is 0 Å². The van der Waals surface area contributed by atoms with Gasteiger partial charge in [0.05, 0.1) is 5.60 Å². The van der Waals surface area contributed by atoms with Crippen molar-refractivity contribution in [1.29, 1.82) is 0 Å². The molecule has 0 amide bonds. The Kier molecular flexibility index (Phi) is 4.25. The molecule has 0 saturated heterocycles. The summed E-state index contributed by atoms with van der Waals surface area (Å²) in [7, 11) is 0. The molecule has 1 aliphatic rings. The van der Waals surface area contributed by atoms with Crippen LogP contribution in [0, 0.1) is 11.3 Å². The Morgan fingerprint density at radius 2 is 2.00 bits per heavy atom. The molecule has 0 atom stereocenters. The average molecular weight is 331 g/mol. The van der Waals surface area contributed by atoms with E-state index < -0.39 is 5.60 Å². The van der Waals surface area contributed by atoms with Gasteiger partial charge in [0.1, 0.15) is 0 Å². The van der Waals surface area contributed by atoms with Crippen LogP contribution < -0.4 is 0 Å². The van der Waals surface area contributed by atoms with Crippen LogP contribution in [-0.2, 0) is 6.42 Å². The first-order valence-corrected chi connectivity index (χ1v) is 8.41. The zero-order chi connectivity index (χ0) is 13.4. The number of halogens is 1. The minimum absolute atomic E-state index is 0.382. The predicted molar refractivity (Wildman–Crippen MR) is 82.1 cm³/mol. The predicted octanol–water partition coefficient (Wildman–Crippen LogP) is 5.02. The lowest BCUT2D eigenvalue weighted by Gasteiger charge is -2.41. The molecule has 1 N–H and O–H groups in total. The fraction of sp³-hybridized carbons (Fsp3) is 0.733. The van der Waals surface area contributed by atoms with E-state index in [2.05, 4.69) is 48.1 Å². The number of rotatable bonds is 2. The van der Waals surface area contributed by atoms with Gasteiger partial charge in [-0.3, -0.25) is 0 Å². The van der Waals surface area contributed by atoms with Gasteiger partial charge in [-0.25, -0.2) is 0 Å². The molecule has 1 heterocycles. The topological polar surface area (TPSA) is 20.2 Å². The van der Waals surface area contributed by atoms with Crippen LogP contribution in [-0.4, -0.2) is 10.7 Å². The summed E-state index contributed by atoms with van der Waals surface area (Å²) in [6.45, 7) is 6.95. The highest BCUT2D eigenvalue weighted by Crippen LogP contribution is 2.43. The van der Waals surface area contributed by atoms with Crippen LogP contribution in [0.2, 0.25) is 0 Å². The molecule has 1 aromatic heterocycles. The largest absolute Gasteiger partial charge is 0.390 e. The summed E-state index contributed by atoms with van der Waals surface area (Å²) >= 11 is 5.22. The molecule has 0 bridgehead atoms. The summed E-state index contributed by atoms with van der Waals surface area (Å²) in [6.07, 6.45) is 5.04. The third-order valence-corrected chi connectivity index (χ3v) is 5.96. The van der Waals surface area contributed by atoms with Gasteiger partial charge >= 0.3 is 0 Å². The molecular weight excluding hydrogens is 308 g/mol. The van der Waals surface area contributed by atoms with E-state index in [9.17, 15) is 5.11 Å². The molecule has 1 nitrogen and oxygen atoms in total. The highest BCUT2D eigenvalue weighted by molar-refractivity contribution is 9.10. The van der Waals surface area contributed by atoms with E-state index in [-0.39, 0.29) is 0 Å². The Morgan fingerprint density at radius 3 is 2.44 bits per heavy atom. The Labute approximate surface area is 123 Å². The number of hydrogen-bond donors (Lipinski definition) is 1. The van der Waals surface area contributed by atoms with Gasteiger partial charge in [-0.1, -0.05) is 20.8 Å². The number of hydrogen-bond acceptors (Lipinski definition) is 2. The number of aliphatic hydroxyl groups is 1. The molecule has 1 saturated carbocycles. The third-order valence-electron chi connectivity index (χ3n) is 4.27. The van der Waals surface area contributed by atoms with Crippen molar-refractivity contribution >= 4 is 27.3 Å². The molecule has 3 heteroatoms. The average Bonchev–Trinajstić information content (AvgIpc) is 2.62. The van der Waals surface area contributed by atoms with Crippen LogP contribution in [0.25, 0.3) is 0 Å². The van der Waals surface area contributed by atoms with E-state index in [0.29, 0.717) is 5.41 Å². The van der Waals surface area contributed by atoms with Crippen molar-refractivity contribution in [2.75, 3.05) is 0 Å². The van der Waals surface area contributed by atoms with E-state index in [4.69, 9.17) is 0 Å². The molecule has 0 radical (unpaired) electrons. The number of thiophene rings is 1. The van der Waals surface area contributed by atoms with Crippen molar-refractivity contribution in [1.82, 2.24) is 0 Å². The lowest BCUT2D eigenvalue weighted by Crippen LogP contribution is -2.38. The monoisotopic (exact) mass is 330 g/mol. The normalized spacial score (nSPS) is 29.5. The van der Waals surface area contributed by atoms with E-state index in [1.165, 1.54) is 4.88 Å². The quantitative estimate of drug-likeness (QED) is 0.807. The maximum atomic E-state index is 10.7. The molecule has 1 aliphatic carbocycles. The van der Waals surface area contributed by atoms with Gasteiger partial charge in [0, 0.05) is 21.2 Å². The Morgan fingerprint density at radius 1 is 1.39 bits per heavy atom. The Balaban J connectivity index is 1.95. The van der Waals surface area contributed by atoms with Gasteiger partial charge < -0.3 is 5.11 Å². The molecule has 0 aromatic carbocycles. The van der Waals surface area contributed by atoms with Crippen LogP contribution >= 0.6 is 27.3 Å². The lowest BCUT2D eigenvalue weighted by molar-refractivity contribution is -0.0239. The molecule has 0 aliphatic heterocycles. The zero-order valence-electron chi connectivity index (χ0n) is 11.5. The first-order chi connectivity index (χ1) is 8.28.